The fourth-order valence-electron chi connectivity index (χ4n) is 3.18. The van der Waals surface area contributed by atoms with Gasteiger partial charge in [-0.2, -0.15) is 11.8 Å². The van der Waals surface area contributed by atoms with E-state index in [-0.39, 0.29) is 19.3 Å². The first-order valence-corrected chi connectivity index (χ1v) is 11.5. The molecule has 1 heterocycles. The number of rotatable bonds is 13. The zero-order chi connectivity index (χ0) is 23.7. The molecule has 174 valence electrons. The third-order valence-corrected chi connectivity index (χ3v) is 5.61. The van der Waals surface area contributed by atoms with Gasteiger partial charge in [-0.3, -0.25) is 14.4 Å². The monoisotopic (exact) mass is 464 g/mol. The number of para-hydroxylation sites is 1. The molecule has 0 bridgehead atoms. The van der Waals surface area contributed by atoms with Gasteiger partial charge in [-0.25, -0.2) is 4.79 Å². The van der Waals surface area contributed by atoms with Crippen molar-refractivity contribution in [2.75, 3.05) is 12.0 Å². The lowest BCUT2D eigenvalue weighted by Gasteiger charge is -2.22. The summed E-state index contributed by atoms with van der Waals surface area (Å²) in [6.07, 6.45) is 3.38. The van der Waals surface area contributed by atoms with E-state index in [9.17, 15) is 24.3 Å². The molecule has 11 heteroatoms. The van der Waals surface area contributed by atoms with Crippen molar-refractivity contribution in [2.24, 2.45) is 5.73 Å². The Bertz CT molecular complexity index is 963. The van der Waals surface area contributed by atoms with E-state index in [1.165, 1.54) is 11.8 Å². The number of carbonyl (C=O) groups is 4. The average Bonchev–Trinajstić information content (AvgIpc) is 3.16. The minimum Gasteiger partial charge on any atom is -0.481 e. The number of hydrogen-bond acceptors (Lipinski definition) is 6. The molecule has 32 heavy (non-hydrogen) atoms. The van der Waals surface area contributed by atoms with Crippen LogP contribution in [0.4, 0.5) is 0 Å². The van der Waals surface area contributed by atoms with Crippen LogP contribution in [0.2, 0.25) is 0 Å². The number of carboxylic acids is 2. The molecule has 3 unspecified atom stereocenters. The fraction of sp³-hybridized carbons (Fsp3) is 0.429. The maximum Gasteiger partial charge on any atom is 0.326 e. The van der Waals surface area contributed by atoms with Gasteiger partial charge in [0.25, 0.3) is 0 Å². The second kappa shape index (κ2) is 12.1. The Morgan fingerprint density at radius 2 is 1.75 bits per heavy atom. The Kier molecular flexibility index (Phi) is 9.54. The summed E-state index contributed by atoms with van der Waals surface area (Å²) < 4.78 is 0. The standard InChI is InChI=1S/C21H28N4O6S/c1-32-9-8-14(22)19(28)24-16(6-7-18(26)27)20(29)25-17(21(30)31)10-12-11-23-15-5-3-2-4-13(12)15/h2-5,11,14,16-17,23H,6-10,22H2,1H3,(H,24,28)(H,25,29)(H,26,27)(H,30,31). The van der Waals surface area contributed by atoms with Crippen molar-refractivity contribution in [3.8, 4) is 0 Å². The maximum atomic E-state index is 12.8. The Hall–Kier alpha value is -3.05. The number of thioether (sulfide) groups is 1. The molecule has 2 aromatic rings. The van der Waals surface area contributed by atoms with Crippen LogP contribution < -0.4 is 16.4 Å². The van der Waals surface area contributed by atoms with Crippen LogP contribution in [0.1, 0.15) is 24.8 Å². The Labute approximate surface area is 189 Å². The van der Waals surface area contributed by atoms with Gasteiger partial charge in [0.15, 0.2) is 0 Å². The SMILES string of the molecule is CSCCC(N)C(=O)NC(CCC(=O)O)C(=O)NC(Cc1c[nH]c2ccccc12)C(=O)O. The molecule has 1 aromatic heterocycles. The molecule has 0 saturated carbocycles. The third-order valence-electron chi connectivity index (χ3n) is 4.96. The van der Waals surface area contributed by atoms with Gasteiger partial charge in [-0.15, -0.1) is 0 Å². The van der Waals surface area contributed by atoms with Crippen molar-refractivity contribution in [3.63, 3.8) is 0 Å². The molecule has 2 amide bonds. The number of amides is 2. The summed E-state index contributed by atoms with van der Waals surface area (Å²) in [5.41, 5.74) is 7.37. The van der Waals surface area contributed by atoms with E-state index >= 15 is 0 Å². The van der Waals surface area contributed by atoms with Crippen LogP contribution in [0.15, 0.2) is 30.5 Å². The number of nitrogens with two attached hydrogens (primary N) is 1. The normalized spacial score (nSPS) is 13.8. The Balaban J connectivity index is 2.12. The Morgan fingerprint density at radius 1 is 1.06 bits per heavy atom. The first-order valence-electron chi connectivity index (χ1n) is 10.1. The van der Waals surface area contributed by atoms with Crippen LogP contribution in [-0.2, 0) is 25.6 Å². The van der Waals surface area contributed by atoms with Crippen molar-refractivity contribution < 1.29 is 29.4 Å². The molecule has 7 N–H and O–H groups in total. The van der Waals surface area contributed by atoms with Crippen LogP contribution in [0, 0.1) is 0 Å². The predicted molar refractivity (Wildman–Crippen MR) is 121 cm³/mol. The number of aromatic amines is 1. The molecule has 10 nitrogen and oxygen atoms in total. The summed E-state index contributed by atoms with van der Waals surface area (Å²) in [4.78, 5) is 51.0. The average molecular weight is 465 g/mol. The maximum absolute atomic E-state index is 12.8. The predicted octanol–water partition coefficient (Wildman–Crippen LogP) is 0.710. The molecule has 0 aliphatic carbocycles. The molecule has 0 saturated heterocycles. The van der Waals surface area contributed by atoms with E-state index in [2.05, 4.69) is 15.6 Å². The molecule has 2 rings (SSSR count). The first-order chi connectivity index (χ1) is 15.2. The summed E-state index contributed by atoms with van der Waals surface area (Å²) in [7, 11) is 0. The first kappa shape index (κ1) is 25.2. The quantitative estimate of drug-likeness (QED) is 0.251. The van der Waals surface area contributed by atoms with Gasteiger partial charge in [0.05, 0.1) is 6.04 Å². The number of aromatic nitrogens is 1. The molecule has 0 radical (unpaired) electrons. The molecule has 0 fully saturated rings. The lowest BCUT2D eigenvalue weighted by molar-refractivity contribution is -0.143. The molecule has 0 aliphatic rings. The summed E-state index contributed by atoms with van der Waals surface area (Å²) in [6.45, 7) is 0. The smallest absolute Gasteiger partial charge is 0.326 e. The highest BCUT2D eigenvalue weighted by atomic mass is 32.2. The van der Waals surface area contributed by atoms with Gasteiger partial charge in [0.2, 0.25) is 11.8 Å². The van der Waals surface area contributed by atoms with E-state index in [0.29, 0.717) is 17.7 Å². The molecular formula is C21H28N4O6S. The van der Waals surface area contributed by atoms with Gasteiger partial charge < -0.3 is 31.6 Å². The largest absolute Gasteiger partial charge is 0.481 e. The summed E-state index contributed by atoms with van der Waals surface area (Å²) in [5, 5.41) is 24.3. The molecule has 0 spiro atoms. The lowest BCUT2D eigenvalue weighted by atomic mass is 10.0. The van der Waals surface area contributed by atoms with Gasteiger partial charge >= 0.3 is 11.9 Å². The van der Waals surface area contributed by atoms with Crippen molar-refractivity contribution in [2.45, 2.75) is 43.8 Å². The van der Waals surface area contributed by atoms with Gasteiger partial charge in [0.1, 0.15) is 12.1 Å². The van der Waals surface area contributed by atoms with E-state index in [0.717, 1.165) is 10.9 Å². The number of H-pyrrole nitrogens is 1. The van der Waals surface area contributed by atoms with Gasteiger partial charge in [0, 0.05) is 29.9 Å². The van der Waals surface area contributed by atoms with E-state index in [1.807, 2.05) is 30.5 Å². The van der Waals surface area contributed by atoms with Crippen LogP contribution >= 0.6 is 11.8 Å². The van der Waals surface area contributed by atoms with Crippen molar-refractivity contribution >= 4 is 46.4 Å². The molecular weight excluding hydrogens is 436 g/mol. The van der Waals surface area contributed by atoms with Crippen molar-refractivity contribution in [1.82, 2.24) is 15.6 Å². The zero-order valence-electron chi connectivity index (χ0n) is 17.7. The van der Waals surface area contributed by atoms with Crippen LogP contribution in [-0.4, -0.2) is 69.1 Å². The highest BCUT2D eigenvalue weighted by molar-refractivity contribution is 7.98. The van der Waals surface area contributed by atoms with E-state index < -0.39 is 41.9 Å². The summed E-state index contributed by atoms with van der Waals surface area (Å²) >= 11 is 1.52. The number of fused-ring (bicyclic) bond motifs is 1. The zero-order valence-corrected chi connectivity index (χ0v) is 18.5. The fourth-order valence-corrected chi connectivity index (χ4v) is 3.67. The second-order valence-corrected chi connectivity index (χ2v) is 8.33. The van der Waals surface area contributed by atoms with Gasteiger partial charge in [-0.05, 0) is 36.5 Å². The van der Waals surface area contributed by atoms with Crippen LogP contribution in [0.3, 0.4) is 0 Å². The number of carboxylic acid groups (broad SMARTS) is 2. The molecule has 1 aromatic carbocycles. The third kappa shape index (κ3) is 7.27. The summed E-state index contributed by atoms with van der Waals surface area (Å²) in [5.74, 6) is -3.11. The highest BCUT2D eigenvalue weighted by Crippen LogP contribution is 2.19. The number of benzene rings is 1. The topological polar surface area (TPSA) is 175 Å². The number of hydrogen-bond donors (Lipinski definition) is 6. The Morgan fingerprint density at radius 3 is 2.41 bits per heavy atom. The second-order valence-electron chi connectivity index (χ2n) is 7.34. The molecule has 3 atom stereocenters. The number of nitrogens with one attached hydrogen (secondary N) is 3. The summed E-state index contributed by atoms with van der Waals surface area (Å²) in [6, 6.07) is 4.02. The lowest BCUT2D eigenvalue weighted by Crippen LogP contribution is -2.55. The van der Waals surface area contributed by atoms with Crippen LogP contribution in [0.5, 0.6) is 0 Å². The highest BCUT2D eigenvalue weighted by Gasteiger charge is 2.29. The molecule has 0 aliphatic heterocycles. The van der Waals surface area contributed by atoms with E-state index in [1.54, 1.807) is 6.20 Å². The van der Waals surface area contributed by atoms with Crippen LogP contribution in [0.25, 0.3) is 10.9 Å². The minimum atomic E-state index is -1.27. The minimum absolute atomic E-state index is 0.0118. The van der Waals surface area contributed by atoms with Crippen molar-refractivity contribution in [3.05, 3.63) is 36.0 Å². The van der Waals surface area contributed by atoms with E-state index in [4.69, 9.17) is 10.8 Å². The number of aliphatic carboxylic acids is 2. The van der Waals surface area contributed by atoms with Gasteiger partial charge in [-0.1, -0.05) is 18.2 Å². The van der Waals surface area contributed by atoms with Crippen molar-refractivity contribution in [1.29, 1.82) is 0 Å². The number of carbonyl (C=O) groups excluding carboxylic acids is 2.